The van der Waals surface area contributed by atoms with Crippen LogP contribution in [0.3, 0.4) is 0 Å². The number of carbonyl (C=O) groups is 2. The molecule has 0 unspecified atom stereocenters. The first-order valence-corrected chi connectivity index (χ1v) is 10.1. The molecule has 29 heavy (non-hydrogen) atoms. The lowest BCUT2D eigenvalue weighted by Gasteiger charge is -2.09. The van der Waals surface area contributed by atoms with Crippen LogP contribution in [0.15, 0.2) is 39.9 Å². The molecule has 1 aliphatic rings. The molecule has 0 saturated carbocycles. The fourth-order valence-electron chi connectivity index (χ4n) is 2.63. The molecule has 0 atom stereocenters. The molecule has 0 aliphatic carbocycles. The van der Waals surface area contributed by atoms with Crippen LogP contribution in [0.25, 0.3) is 0 Å². The maximum absolute atomic E-state index is 12.0. The molecule has 0 saturated heterocycles. The Hall–Kier alpha value is -2.58. The minimum Gasteiger partial charge on any atom is -0.454 e. The van der Waals surface area contributed by atoms with Crippen molar-refractivity contribution in [1.29, 1.82) is 0 Å². The zero-order valence-corrected chi connectivity index (χ0v) is 18.0. The molecule has 2 aromatic rings. The van der Waals surface area contributed by atoms with Crippen LogP contribution in [0, 0.1) is 6.92 Å². The molecule has 0 aromatic heterocycles. The zero-order chi connectivity index (χ0) is 20.8. The highest BCUT2D eigenvalue weighted by atomic mass is 79.9. The third kappa shape index (κ3) is 5.71. The van der Waals surface area contributed by atoms with Crippen molar-refractivity contribution in [1.82, 2.24) is 5.43 Å². The predicted molar refractivity (Wildman–Crippen MR) is 115 cm³/mol. The number of rotatable bonds is 7. The van der Waals surface area contributed by atoms with E-state index in [1.807, 2.05) is 6.92 Å². The highest BCUT2D eigenvalue weighted by molar-refractivity contribution is 9.10. The van der Waals surface area contributed by atoms with E-state index in [4.69, 9.17) is 21.1 Å². The number of benzene rings is 2. The van der Waals surface area contributed by atoms with E-state index in [0.717, 1.165) is 15.6 Å². The summed E-state index contributed by atoms with van der Waals surface area (Å²) in [7, 11) is 0. The third-order valence-electron chi connectivity index (χ3n) is 4.23. The summed E-state index contributed by atoms with van der Waals surface area (Å²) < 4.78 is 11.4. The summed E-state index contributed by atoms with van der Waals surface area (Å²) in [6.07, 6.45) is 2.32. The summed E-state index contributed by atoms with van der Waals surface area (Å²) in [4.78, 5) is 24.0. The Balaban J connectivity index is 1.42. The van der Waals surface area contributed by atoms with Gasteiger partial charge in [-0.3, -0.25) is 9.59 Å². The van der Waals surface area contributed by atoms with E-state index < -0.39 is 0 Å². The smallest absolute Gasteiger partial charge is 0.240 e. The van der Waals surface area contributed by atoms with Gasteiger partial charge in [-0.1, -0.05) is 17.7 Å². The fourth-order valence-corrected chi connectivity index (χ4v) is 3.23. The van der Waals surface area contributed by atoms with Crippen LogP contribution in [-0.2, 0) is 9.59 Å². The summed E-state index contributed by atoms with van der Waals surface area (Å²) in [5, 5.41) is 7.34. The Labute approximate surface area is 181 Å². The minimum atomic E-state index is -0.273. The van der Waals surface area contributed by atoms with Crippen molar-refractivity contribution in [2.75, 3.05) is 12.1 Å². The second-order valence-corrected chi connectivity index (χ2v) is 7.60. The summed E-state index contributed by atoms with van der Waals surface area (Å²) in [6, 6.07) is 8.87. The number of hydrogen-bond acceptors (Lipinski definition) is 5. The number of amides is 2. The number of carbonyl (C=O) groups excluding carboxylic acids is 2. The molecular weight excluding hydrogens is 462 g/mol. The molecule has 1 aliphatic heterocycles. The van der Waals surface area contributed by atoms with Gasteiger partial charge in [0.1, 0.15) is 0 Å². The number of nitrogens with zero attached hydrogens (tertiary/aromatic N) is 1. The van der Waals surface area contributed by atoms with Gasteiger partial charge in [0.2, 0.25) is 18.6 Å². The molecule has 0 radical (unpaired) electrons. The largest absolute Gasteiger partial charge is 0.454 e. The first-order chi connectivity index (χ1) is 13.9. The fraction of sp³-hybridized carbons (Fsp3) is 0.250. The summed E-state index contributed by atoms with van der Waals surface area (Å²) in [5.41, 5.74) is 4.68. The zero-order valence-electron chi connectivity index (χ0n) is 15.6. The lowest BCUT2D eigenvalue weighted by molar-refractivity contribution is -0.121. The maximum atomic E-state index is 12.0. The first kappa shape index (κ1) is 21.1. The van der Waals surface area contributed by atoms with E-state index in [1.165, 1.54) is 6.21 Å². The molecule has 1 heterocycles. The van der Waals surface area contributed by atoms with Gasteiger partial charge in [-0.2, -0.15) is 5.10 Å². The third-order valence-corrected chi connectivity index (χ3v) is 5.33. The Morgan fingerprint density at radius 3 is 2.72 bits per heavy atom. The topological polar surface area (TPSA) is 89.0 Å². The van der Waals surface area contributed by atoms with Crippen LogP contribution in [0.2, 0.25) is 5.02 Å². The molecule has 0 bridgehead atoms. The van der Waals surface area contributed by atoms with Gasteiger partial charge >= 0.3 is 0 Å². The molecular formula is C20H19BrClN3O4. The normalized spacial score (nSPS) is 12.2. The van der Waals surface area contributed by atoms with Gasteiger partial charge in [-0.25, -0.2) is 5.43 Å². The number of ether oxygens (including phenoxy) is 2. The van der Waals surface area contributed by atoms with Crippen LogP contribution in [-0.4, -0.2) is 24.8 Å². The molecule has 3 rings (SSSR count). The van der Waals surface area contributed by atoms with Crippen LogP contribution in [0.5, 0.6) is 11.5 Å². The van der Waals surface area contributed by atoms with Crippen molar-refractivity contribution in [3.63, 3.8) is 0 Å². The number of fused-ring (bicyclic) bond motifs is 1. The quantitative estimate of drug-likeness (QED) is 0.454. The maximum Gasteiger partial charge on any atom is 0.240 e. The molecule has 2 amide bonds. The summed E-state index contributed by atoms with van der Waals surface area (Å²) >= 11 is 9.46. The summed E-state index contributed by atoms with van der Waals surface area (Å²) in [5.74, 6) is 0.840. The predicted octanol–water partition coefficient (Wildman–Crippen LogP) is 4.40. The highest BCUT2D eigenvalue weighted by Gasteiger charge is 2.15. The van der Waals surface area contributed by atoms with Gasteiger partial charge < -0.3 is 14.8 Å². The summed E-state index contributed by atoms with van der Waals surface area (Å²) in [6.45, 7) is 2.02. The second-order valence-electron chi connectivity index (χ2n) is 6.33. The Bertz CT molecular complexity index is 965. The number of anilines is 1. The second kappa shape index (κ2) is 9.76. The van der Waals surface area contributed by atoms with Gasteiger partial charge in [-0.05, 0) is 59.1 Å². The van der Waals surface area contributed by atoms with Crippen molar-refractivity contribution >= 4 is 51.2 Å². The number of hydrazone groups is 1. The Morgan fingerprint density at radius 2 is 1.93 bits per heavy atom. The van der Waals surface area contributed by atoms with Crippen LogP contribution in [0.1, 0.15) is 30.4 Å². The van der Waals surface area contributed by atoms with Crippen molar-refractivity contribution in [2.24, 2.45) is 5.10 Å². The van der Waals surface area contributed by atoms with Crippen LogP contribution >= 0.6 is 27.5 Å². The molecule has 2 aromatic carbocycles. The standard InChI is InChI=1S/C20H19BrClN3O4/c1-12-15(22)4-2-5-16(12)24-19(26)6-3-7-20(27)25-23-10-13-8-17-18(9-14(13)21)29-11-28-17/h2,4-5,8-10H,3,6-7,11H2,1H3,(H,24,26)(H,25,27)/b23-10+. The molecule has 0 spiro atoms. The van der Waals surface area contributed by atoms with Crippen molar-refractivity contribution < 1.29 is 19.1 Å². The number of halogens is 2. The van der Waals surface area contributed by atoms with Gasteiger partial charge in [0.15, 0.2) is 11.5 Å². The highest BCUT2D eigenvalue weighted by Crippen LogP contribution is 2.36. The Kier molecular flexibility index (Phi) is 7.11. The van der Waals surface area contributed by atoms with Gasteiger partial charge in [0, 0.05) is 33.6 Å². The van der Waals surface area contributed by atoms with E-state index in [-0.39, 0.29) is 31.4 Å². The SMILES string of the molecule is Cc1c(Cl)cccc1NC(=O)CCCC(=O)N/N=C/c1cc2c(cc1Br)OCO2. The van der Waals surface area contributed by atoms with Crippen molar-refractivity contribution in [3.05, 3.63) is 51.0 Å². The lowest BCUT2D eigenvalue weighted by atomic mass is 10.2. The van der Waals surface area contributed by atoms with E-state index >= 15 is 0 Å². The number of nitrogens with one attached hydrogen (secondary N) is 2. The number of hydrogen-bond donors (Lipinski definition) is 2. The first-order valence-electron chi connectivity index (χ1n) is 8.90. The van der Waals surface area contributed by atoms with Gasteiger partial charge in [0.25, 0.3) is 0 Å². The van der Waals surface area contributed by atoms with Gasteiger partial charge in [0.05, 0.1) is 6.21 Å². The molecule has 9 heteroatoms. The molecule has 0 fully saturated rings. The van der Waals surface area contributed by atoms with Gasteiger partial charge in [-0.15, -0.1) is 0 Å². The van der Waals surface area contributed by atoms with E-state index in [0.29, 0.717) is 28.6 Å². The van der Waals surface area contributed by atoms with Crippen LogP contribution in [0.4, 0.5) is 5.69 Å². The van der Waals surface area contributed by atoms with E-state index in [2.05, 4.69) is 31.8 Å². The Morgan fingerprint density at radius 1 is 1.21 bits per heavy atom. The van der Waals surface area contributed by atoms with Crippen molar-refractivity contribution in [3.8, 4) is 11.5 Å². The molecule has 2 N–H and O–H groups in total. The van der Waals surface area contributed by atoms with Crippen molar-refractivity contribution in [2.45, 2.75) is 26.2 Å². The lowest BCUT2D eigenvalue weighted by Crippen LogP contribution is -2.18. The molecule has 152 valence electrons. The monoisotopic (exact) mass is 479 g/mol. The molecule has 7 nitrogen and oxygen atoms in total. The van der Waals surface area contributed by atoms with Crippen LogP contribution < -0.4 is 20.2 Å². The average molecular weight is 481 g/mol. The minimum absolute atomic E-state index is 0.170. The average Bonchev–Trinajstić information content (AvgIpc) is 3.12. The van der Waals surface area contributed by atoms with E-state index in [1.54, 1.807) is 30.3 Å². The van der Waals surface area contributed by atoms with E-state index in [9.17, 15) is 9.59 Å².